The molecule has 8 atom stereocenters. The maximum absolute atomic E-state index is 13.4. The number of carbonyl (C=O) groups is 3. The fourth-order valence-corrected chi connectivity index (χ4v) is 14.0. The van der Waals surface area contributed by atoms with Gasteiger partial charge in [-0.15, -0.1) is 0 Å². The lowest BCUT2D eigenvalue weighted by atomic mass is 9.69. The van der Waals surface area contributed by atoms with Gasteiger partial charge in [0.2, 0.25) is 0 Å². The SMILES string of the molecule is CC(=O)Oc1c(C)c(C)c2c(c1C)CC(CCCCCCCCC1(OC(C)=O)Cc3c(C)c(OC(C)=O)c(C)c(C)c3OC1(C)CCCC(C)CCCC(C)CCCC(C)C)C(C)(CCCC(C)CCCC(C)CCCC(C)C)O2. The van der Waals surface area contributed by atoms with Crippen molar-refractivity contribution in [1.29, 1.82) is 0 Å². The summed E-state index contributed by atoms with van der Waals surface area (Å²) in [4.78, 5) is 38.0. The molecule has 0 bridgehead atoms. The van der Waals surface area contributed by atoms with Gasteiger partial charge in [-0.25, -0.2) is 0 Å². The second kappa shape index (κ2) is 32.5. The zero-order valence-electron chi connectivity index (χ0n) is 55.1. The smallest absolute Gasteiger partial charge is 0.308 e. The molecule has 456 valence electrons. The first-order chi connectivity index (χ1) is 37.6. The lowest BCUT2D eigenvalue weighted by molar-refractivity contribution is -0.194. The highest BCUT2D eigenvalue weighted by atomic mass is 16.6. The van der Waals surface area contributed by atoms with E-state index in [1.54, 1.807) is 6.92 Å². The van der Waals surface area contributed by atoms with E-state index in [4.69, 9.17) is 23.7 Å². The molecule has 2 aromatic carbocycles. The van der Waals surface area contributed by atoms with Crippen LogP contribution in [0.3, 0.4) is 0 Å². The number of carbonyl (C=O) groups excluding carboxylic acids is 3. The average Bonchev–Trinajstić information content (AvgIpc) is 3.36. The maximum Gasteiger partial charge on any atom is 0.308 e. The Morgan fingerprint density at radius 3 is 1.30 bits per heavy atom. The molecule has 0 radical (unpaired) electrons. The van der Waals surface area contributed by atoms with Gasteiger partial charge in [0.1, 0.15) is 34.2 Å². The van der Waals surface area contributed by atoms with Gasteiger partial charge in [0.05, 0.1) is 0 Å². The summed E-state index contributed by atoms with van der Waals surface area (Å²) in [5, 5.41) is 0. The molecule has 80 heavy (non-hydrogen) atoms. The van der Waals surface area contributed by atoms with Crippen molar-refractivity contribution in [3.63, 3.8) is 0 Å². The van der Waals surface area contributed by atoms with Crippen LogP contribution in [0.25, 0.3) is 0 Å². The second-order valence-corrected chi connectivity index (χ2v) is 28.0. The van der Waals surface area contributed by atoms with Crippen molar-refractivity contribution in [1.82, 2.24) is 0 Å². The van der Waals surface area contributed by atoms with E-state index in [1.165, 1.54) is 103 Å². The van der Waals surface area contributed by atoms with E-state index in [9.17, 15) is 14.4 Å². The van der Waals surface area contributed by atoms with Crippen LogP contribution in [-0.2, 0) is 32.0 Å². The van der Waals surface area contributed by atoms with Crippen molar-refractivity contribution in [2.24, 2.45) is 41.4 Å². The predicted molar refractivity (Wildman–Crippen MR) is 334 cm³/mol. The van der Waals surface area contributed by atoms with Gasteiger partial charge in [-0.05, 0) is 176 Å². The largest absolute Gasteiger partial charge is 0.487 e. The molecular formula is C72H120O8. The molecule has 8 nitrogen and oxygen atoms in total. The molecule has 2 aliphatic rings. The van der Waals surface area contributed by atoms with Crippen molar-refractivity contribution >= 4 is 17.9 Å². The summed E-state index contributed by atoms with van der Waals surface area (Å²) in [6.07, 6.45) is 31.8. The number of hydrogen-bond acceptors (Lipinski definition) is 8. The van der Waals surface area contributed by atoms with Crippen molar-refractivity contribution in [2.45, 2.75) is 328 Å². The number of hydrogen-bond donors (Lipinski definition) is 0. The van der Waals surface area contributed by atoms with Gasteiger partial charge in [0.25, 0.3) is 0 Å². The molecule has 0 aromatic heterocycles. The van der Waals surface area contributed by atoms with Crippen LogP contribution in [0.1, 0.15) is 301 Å². The Kier molecular flexibility index (Phi) is 28.0. The molecule has 4 rings (SSSR count). The molecule has 0 fully saturated rings. The van der Waals surface area contributed by atoms with E-state index >= 15 is 0 Å². The summed E-state index contributed by atoms with van der Waals surface area (Å²) in [7, 11) is 0. The molecule has 0 saturated carbocycles. The minimum atomic E-state index is -0.879. The molecule has 0 amide bonds. The molecule has 0 spiro atoms. The van der Waals surface area contributed by atoms with Crippen LogP contribution in [0.2, 0.25) is 0 Å². The monoisotopic (exact) mass is 1110 g/mol. The van der Waals surface area contributed by atoms with Crippen LogP contribution in [0.5, 0.6) is 23.0 Å². The van der Waals surface area contributed by atoms with Gasteiger partial charge < -0.3 is 23.7 Å². The maximum atomic E-state index is 13.4. The molecule has 2 aliphatic heterocycles. The summed E-state index contributed by atoms with van der Waals surface area (Å²) in [5.74, 6) is 7.06. The van der Waals surface area contributed by atoms with Gasteiger partial charge >= 0.3 is 17.9 Å². The van der Waals surface area contributed by atoms with Gasteiger partial charge in [0, 0.05) is 44.2 Å². The number of esters is 3. The van der Waals surface area contributed by atoms with Crippen molar-refractivity contribution in [2.75, 3.05) is 0 Å². The highest BCUT2D eigenvalue weighted by Gasteiger charge is 2.56. The molecule has 2 heterocycles. The Morgan fingerprint density at radius 2 is 0.850 bits per heavy atom. The van der Waals surface area contributed by atoms with Crippen LogP contribution >= 0.6 is 0 Å². The summed E-state index contributed by atoms with van der Waals surface area (Å²) < 4.78 is 33.0. The highest BCUT2D eigenvalue weighted by Crippen LogP contribution is 2.53. The number of benzene rings is 2. The molecular weight excluding hydrogens is 993 g/mol. The minimum Gasteiger partial charge on any atom is -0.487 e. The fourth-order valence-electron chi connectivity index (χ4n) is 14.0. The summed E-state index contributed by atoms with van der Waals surface area (Å²) >= 11 is 0. The average molecular weight is 1110 g/mol. The zero-order chi connectivity index (χ0) is 59.5. The standard InChI is InChI=1S/C72H120O8/c1-48(2)32-26-34-50(5)36-28-38-52(7)40-30-43-70(18)63(46-64-58(13)66(76-60(15)73)54(9)56(11)68(64)79-70)42-24-22-20-21-23-25-45-72(78-62(17)75)47-65-59(14)67(77-61(16)74)55(10)57(12)69(65)80-71(72,19)44-31-41-53(8)39-29-37-51(6)35-27-33-49(3)4/h48-53,63H,20-47H2,1-19H3. The quantitative estimate of drug-likeness (QED) is 0.0378. The van der Waals surface area contributed by atoms with E-state index in [0.717, 1.165) is 158 Å². The minimum absolute atomic E-state index is 0.277. The lowest BCUT2D eigenvalue weighted by Gasteiger charge is -2.52. The van der Waals surface area contributed by atoms with Gasteiger partial charge in [-0.2, -0.15) is 0 Å². The summed E-state index contributed by atoms with van der Waals surface area (Å²) in [6.45, 7) is 40.5. The zero-order valence-corrected chi connectivity index (χ0v) is 55.1. The highest BCUT2D eigenvalue weighted by molar-refractivity contribution is 5.73. The Hall–Kier alpha value is -3.55. The number of ether oxygens (including phenoxy) is 5. The van der Waals surface area contributed by atoms with Crippen molar-refractivity contribution in [3.8, 4) is 23.0 Å². The van der Waals surface area contributed by atoms with Crippen molar-refractivity contribution < 1.29 is 38.1 Å². The second-order valence-electron chi connectivity index (χ2n) is 28.0. The molecule has 8 heteroatoms. The van der Waals surface area contributed by atoms with Gasteiger partial charge in [-0.1, -0.05) is 177 Å². The van der Waals surface area contributed by atoms with Crippen LogP contribution in [-0.4, -0.2) is 34.7 Å². The van der Waals surface area contributed by atoms with E-state index in [0.29, 0.717) is 42.1 Å². The lowest BCUT2D eigenvalue weighted by Crippen LogP contribution is -2.62. The third-order valence-electron chi connectivity index (χ3n) is 19.7. The van der Waals surface area contributed by atoms with Gasteiger partial charge in [0.15, 0.2) is 5.60 Å². The third kappa shape index (κ3) is 20.1. The fraction of sp³-hybridized carbons (Fsp3) is 0.792. The molecule has 0 aliphatic carbocycles. The molecule has 0 saturated heterocycles. The normalized spacial score (nSPS) is 21.3. The summed E-state index contributed by atoms with van der Waals surface area (Å²) in [6, 6.07) is 0. The van der Waals surface area contributed by atoms with Crippen LogP contribution < -0.4 is 18.9 Å². The van der Waals surface area contributed by atoms with Crippen LogP contribution in [0.4, 0.5) is 0 Å². The number of rotatable bonds is 36. The first-order valence-corrected chi connectivity index (χ1v) is 32.8. The van der Waals surface area contributed by atoms with E-state index < -0.39 is 11.2 Å². The Labute approximate surface area is 490 Å². The Bertz CT molecular complexity index is 2270. The summed E-state index contributed by atoms with van der Waals surface area (Å²) in [5.41, 5.74) is 6.17. The van der Waals surface area contributed by atoms with E-state index in [1.807, 2.05) is 13.8 Å². The number of fused-ring (bicyclic) bond motifs is 2. The topological polar surface area (TPSA) is 97.4 Å². The number of unbranched alkanes of at least 4 members (excludes halogenated alkanes) is 5. The Balaban J connectivity index is 1.45. The first kappa shape index (κ1) is 68.9. The van der Waals surface area contributed by atoms with Crippen molar-refractivity contribution in [3.05, 3.63) is 44.5 Å². The predicted octanol–water partition coefficient (Wildman–Crippen LogP) is 20.4. The van der Waals surface area contributed by atoms with Crippen LogP contribution in [0, 0.1) is 83.0 Å². The molecule has 2 aromatic rings. The molecule has 8 unspecified atom stereocenters. The van der Waals surface area contributed by atoms with E-state index in [2.05, 4.69) is 96.9 Å². The first-order valence-electron chi connectivity index (χ1n) is 32.8. The van der Waals surface area contributed by atoms with E-state index in [-0.39, 0.29) is 23.5 Å². The van der Waals surface area contributed by atoms with Crippen LogP contribution in [0.15, 0.2) is 0 Å². The Morgan fingerprint density at radius 1 is 0.450 bits per heavy atom. The van der Waals surface area contributed by atoms with Gasteiger partial charge in [-0.3, -0.25) is 14.4 Å². The third-order valence-corrected chi connectivity index (χ3v) is 19.7. The molecule has 0 N–H and O–H groups in total.